The Morgan fingerprint density at radius 1 is 1.24 bits per heavy atom. The Morgan fingerprint density at radius 3 is 2.62 bits per heavy atom. The number of aryl methyl sites for hydroxylation is 1. The maximum absolute atomic E-state index is 12.2. The van der Waals surface area contributed by atoms with Gasteiger partial charge in [-0.05, 0) is 6.92 Å². The van der Waals surface area contributed by atoms with Gasteiger partial charge in [-0.25, -0.2) is 9.78 Å². The monoisotopic (exact) mass is 292 g/mol. The number of hydrogen-bond donors (Lipinski definition) is 2. The number of imidazole rings is 1. The van der Waals surface area contributed by atoms with Gasteiger partial charge >= 0.3 is 5.69 Å². The molecule has 1 aliphatic heterocycles. The third-order valence-corrected chi connectivity index (χ3v) is 3.92. The zero-order chi connectivity index (χ0) is 15.0. The van der Waals surface area contributed by atoms with E-state index in [2.05, 4.69) is 20.2 Å². The number of piperazine rings is 1. The molecule has 3 rings (SSSR count). The van der Waals surface area contributed by atoms with Gasteiger partial charge in [-0.15, -0.1) is 0 Å². The lowest BCUT2D eigenvalue weighted by Crippen LogP contribution is -2.43. The van der Waals surface area contributed by atoms with E-state index in [0.29, 0.717) is 24.3 Å². The van der Waals surface area contributed by atoms with E-state index in [-0.39, 0.29) is 11.2 Å². The number of nitrogens with one attached hydrogen (secondary N) is 2. The number of fused-ring (bicyclic) bond motifs is 1. The first-order valence-electron chi connectivity index (χ1n) is 7.23. The number of aromatic amines is 1. The van der Waals surface area contributed by atoms with Crippen LogP contribution in [0.25, 0.3) is 11.2 Å². The van der Waals surface area contributed by atoms with Crippen molar-refractivity contribution in [2.45, 2.75) is 20.0 Å². The minimum Gasteiger partial charge on any atom is -0.335 e. The highest BCUT2D eigenvalue weighted by atomic mass is 16.2. The summed E-state index contributed by atoms with van der Waals surface area (Å²) in [6, 6.07) is 0. The standard InChI is InChI=1S/C13H20N6O2/c1-3-19-11-10(12(20)17(2)13(19)21)15-9(16-11)8-18-6-4-14-5-7-18/h14H,3-8H2,1-2H3,(H,15,16). The Labute approximate surface area is 121 Å². The van der Waals surface area contributed by atoms with E-state index >= 15 is 0 Å². The molecule has 2 N–H and O–H groups in total. The molecular weight excluding hydrogens is 272 g/mol. The number of H-pyrrole nitrogens is 1. The van der Waals surface area contributed by atoms with Crippen molar-refractivity contribution in [2.75, 3.05) is 26.2 Å². The van der Waals surface area contributed by atoms with Crippen molar-refractivity contribution < 1.29 is 0 Å². The van der Waals surface area contributed by atoms with Crippen LogP contribution in [0.2, 0.25) is 0 Å². The van der Waals surface area contributed by atoms with Gasteiger partial charge in [0.25, 0.3) is 5.56 Å². The number of hydrogen-bond acceptors (Lipinski definition) is 5. The lowest BCUT2D eigenvalue weighted by Gasteiger charge is -2.26. The molecule has 21 heavy (non-hydrogen) atoms. The number of nitrogens with zero attached hydrogens (tertiary/aromatic N) is 4. The van der Waals surface area contributed by atoms with E-state index in [1.165, 1.54) is 11.6 Å². The fourth-order valence-corrected chi connectivity index (χ4v) is 2.72. The molecule has 0 aromatic carbocycles. The summed E-state index contributed by atoms with van der Waals surface area (Å²) in [6.07, 6.45) is 0. The van der Waals surface area contributed by atoms with Crippen molar-refractivity contribution in [1.82, 2.24) is 29.3 Å². The fourth-order valence-electron chi connectivity index (χ4n) is 2.72. The molecule has 114 valence electrons. The van der Waals surface area contributed by atoms with Crippen LogP contribution in [0, 0.1) is 0 Å². The van der Waals surface area contributed by atoms with Crippen LogP contribution >= 0.6 is 0 Å². The maximum Gasteiger partial charge on any atom is 0.332 e. The third-order valence-electron chi connectivity index (χ3n) is 3.92. The Hall–Kier alpha value is -1.93. The van der Waals surface area contributed by atoms with Crippen LogP contribution in [-0.2, 0) is 20.1 Å². The molecule has 8 nitrogen and oxygen atoms in total. The van der Waals surface area contributed by atoms with E-state index in [1.807, 2.05) is 6.92 Å². The lowest BCUT2D eigenvalue weighted by molar-refractivity contribution is 0.228. The molecule has 3 heterocycles. The van der Waals surface area contributed by atoms with E-state index in [4.69, 9.17) is 0 Å². The summed E-state index contributed by atoms with van der Waals surface area (Å²) in [7, 11) is 1.49. The first-order valence-corrected chi connectivity index (χ1v) is 7.23. The largest absolute Gasteiger partial charge is 0.335 e. The molecule has 0 amide bonds. The van der Waals surface area contributed by atoms with Crippen LogP contribution in [0.4, 0.5) is 0 Å². The van der Waals surface area contributed by atoms with Gasteiger partial charge < -0.3 is 10.3 Å². The van der Waals surface area contributed by atoms with E-state index in [0.717, 1.165) is 36.6 Å². The van der Waals surface area contributed by atoms with Gasteiger partial charge in [0.15, 0.2) is 5.65 Å². The molecule has 8 heteroatoms. The summed E-state index contributed by atoms with van der Waals surface area (Å²) in [6.45, 7) is 6.85. The Bertz CT molecular complexity index is 765. The molecule has 0 spiro atoms. The summed E-state index contributed by atoms with van der Waals surface area (Å²) in [4.78, 5) is 34.1. The molecule has 0 unspecified atom stereocenters. The molecule has 0 atom stereocenters. The van der Waals surface area contributed by atoms with Gasteiger partial charge in [-0.2, -0.15) is 0 Å². The average Bonchev–Trinajstić information content (AvgIpc) is 2.90. The van der Waals surface area contributed by atoms with Gasteiger partial charge in [0.1, 0.15) is 11.3 Å². The van der Waals surface area contributed by atoms with Crippen LogP contribution in [-0.4, -0.2) is 50.2 Å². The molecule has 1 aliphatic rings. The van der Waals surface area contributed by atoms with Crippen LogP contribution in [0.15, 0.2) is 9.59 Å². The van der Waals surface area contributed by atoms with Gasteiger partial charge in [0.2, 0.25) is 0 Å². The van der Waals surface area contributed by atoms with Crippen molar-refractivity contribution in [2.24, 2.45) is 7.05 Å². The normalized spacial score (nSPS) is 16.7. The van der Waals surface area contributed by atoms with Gasteiger partial charge in [0, 0.05) is 39.8 Å². The van der Waals surface area contributed by atoms with Crippen molar-refractivity contribution in [3.05, 3.63) is 26.7 Å². The minimum absolute atomic E-state index is 0.321. The topological polar surface area (TPSA) is 88.0 Å². The molecular formula is C13H20N6O2. The molecule has 0 aliphatic carbocycles. The zero-order valence-electron chi connectivity index (χ0n) is 12.3. The average molecular weight is 292 g/mol. The van der Waals surface area contributed by atoms with Crippen molar-refractivity contribution >= 4 is 11.2 Å². The quantitative estimate of drug-likeness (QED) is 0.746. The second-order valence-corrected chi connectivity index (χ2v) is 5.30. The SMILES string of the molecule is CCn1c(=O)n(C)c(=O)c2[nH]c(CN3CCNCC3)nc21. The molecule has 2 aromatic rings. The zero-order valence-corrected chi connectivity index (χ0v) is 12.3. The van der Waals surface area contributed by atoms with Gasteiger partial charge in [-0.1, -0.05) is 0 Å². The molecule has 1 fully saturated rings. The smallest absolute Gasteiger partial charge is 0.332 e. The summed E-state index contributed by atoms with van der Waals surface area (Å²) < 4.78 is 2.65. The van der Waals surface area contributed by atoms with Crippen molar-refractivity contribution in [3.8, 4) is 0 Å². The number of rotatable bonds is 3. The van der Waals surface area contributed by atoms with E-state index in [9.17, 15) is 9.59 Å². The molecule has 0 radical (unpaired) electrons. The third kappa shape index (κ3) is 2.40. The Kier molecular flexibility index (Phi) is 3.64. The van der Waals surface area contributed by atoms with E-state index < -0.39 is 0 Å². The van der Waals surface area contributed by atoms with Gasteiger partial charge in [0.05, 0.1) is 6.54 Å². The molecule has 0 saturated carbocycles. The maximum atomic E-state index is 12.2. The highest BCUT2D eigenvalue weighted by molar-refractivity contribution is 5.69. The lowest BCUT2D eigenvalue weighted by atomic mass is 10.3. The fraction of sp³-hybridized carbons (Fsp3) is 0.615. The summed E-state index contributed by atoms with van der Waals surface area (Å²) in [5, 5.41) is 3.30. The minimum atomic E-state index is -0.324. The Balaban J connectivity index is 2.05. The van der Waals surface area contributed by atoms with Crippen LogP contribution in [0.5, 0.6) is 0 Å². The molecule has 1 saturated heterocycles. The summed E-state index contributed by atoms with van der Waals surface area (Å²) in [5.74, 6) is 0.733. The highest BCUT2D eigenvalue weighted by Gasteiger charge is 2.17. The number of aromatic nitrogens is 4. The van der Waals surface area contributed by atoms with Crippen molar-refractivity contribution in [1.29, 1.82) is 0 Å². The van der Waals surface area contributed by atoms with Crippen LogP contribution in [0.3, 0.4) is 0 Å². The predicted molar refractivity (Wildman–Crippen MR) is 79.4 cm³/mol. The summed E-state index contributed by atoms with van der Waals surface area (Å²) >= 11 is 0. The van der Waals surface area contributed by atoms with E-state index in [1.54, 1.807) is 0 Å². The Morgan fingerprint density at radius 2 is 1.95 bits per heavy atom. The first kappa shape index (κ1) is 14.0. The highest BCUT2D eigenvalue weighted by Crippen LogP contribution is 2.08. The summed E-state index contributed by atoms with van der Waals surface area (Å²) in [5.41, 5.74) is 0.216. The van der Waals surface area contributed by atoms with Gasteiger partial charge in [-0.3, -0.25) is 18.8 Å². The second-order valence-electron chi connectivity index (χ2n) is 5.30. The predicted octanol–water partition coefficient (Wildman–Crippen LogP) is -1.15. The molecule has 2 aromatic heterocycles. The first-order chi connectivity index (χ1) is 10.1. The molecule has 0 bridgehead atoms. The van der Waals surface area contributed by atoms with Crippen LogP contribution in [0.1, 0.15) is 12.7 Å². The second kappa shape index (κ2) is 5.45. The van der Waals surface area contributed by atoms with Crippen molar-refractivity contribution in [3.63, 3.8) is 0 Å². The van der Waals surface area contributed by atoms with Crippen LogP contribution < -0.4 is 16.6 Å².